The molecule has 1 heterocycles. The second-order valence-corrected chi connectivity index (χ2v) is 6.93. The van der Waals surface area contributed by atoms with Crippen molar-refractivity contribution in [2.24, 2.45) is 5.14 Å². The number of aromatic amines is 2. The second kappa shape index (κ2) is 6.60. The van der Waals surface area contributed by atoms with Crippen LogP contribution in [-0.4, -0.2) is 30.4 Å². The zero-order valence-corrected chi connectivity index (χ0v) is 14.0. The van der Waals surface area contributed by atoms with Gasteiger partial charge in [0.25, 0.3) is 0 Å². The largest absolute Gasteiger partial charge is 0.313 e. The maximum absolute atomic E-state index is 11.9. The molecular formula is C16H19N5O2S. The van der Waals surface area contributed by atoms with Gasteiger partial charge in [0.05, 0.1) is 4.90 Å². The molecule has 0 spiro atoms. The van der Waals surface area contributed by atoms with E-state index >= 15 is 0 Å². The van der Waals surface area contributed by atoms with E-state index in [0.717, 1.165) is 29.8 Å². The van der Waals surface area contributed by atoms with Gasteiger partial charge < -0.3 is 5.32 Å². The van der Waals surface area contributed by atoms with Gasteiger partial charge in [-0.15, -0.1) is 5.10 Å². The molecular weight excluding hydrogens is 326 g/mol. The van der Waals surface area contributed by atoms with Crippen molar-refractivity contribution in [1.29, 1.82) is 0 Å². The molecule has 0 saturated heterocycles. The van der Waals surface area contributed by atoms with Gasteiger partial charge in [-0.05, 0) is 29.3 Å². The van der Waals surface area contributed by atoms with Crippen molar-refractivity contribution in [1.82, 2.24) is 20.7 Å². The predicted molar refractivity (Wildman–Crippen MR) is 92.6 cm³/mol. The van der Waals surface area contributed by atoms with Crippen LogP contribution in [0.25, 0.3) is 22.5 Å². The highest BCUT2D eigenvalue weighted by Gasteiger charge is 2.21. The number of primary sulfonamides is 1. The van der Waals surface area contributed by atoms with Crippen LogP contribution in [-0.2, 0) is 16.6 Å². The Hall–Kier alpha value is -2.42. The van der Waals surface area contributed by atoms with E-state index in [1.165, 1.54) is 6.07 Å². The Morgan fingerprint density at radius 3 is 2.42 bits per heavy atom. The highest BCUT2D eigenvalue weighted by atomic mass is 32.2. The number of benzene rings is 2. The van der Waals surface area contributed by atoms with Gasteiger partial charge in [0.1, 0.15) is 0 Å². The Morgan fingerprint density at radius 1 is 1.17 bits per heavy atom. The van der Waals surface area contributed by atoms with Gasteiger partial charge >= 0.3 is 0 Å². The molecule has 0 atom stereocenters. The van der Waals surface area contributed by atoms with Crippen molar-refractivity contribution in [2.45, 2.75) is 18.4 Å². The fraction of sp³-hybridized carbons (Fsp3) is 0.188. The average molecular weight is 345 g/mol. The highest BCUT2D eigenvalue weighted by molar-refractivity contribution is 7.89. The standard InChI is InChI=1S/C16H19N5O2S/c1-2-18-10-11-6-8-12(9-7-11)13-4-3-5-14(24(17,22)23)15(13)16-19-21-20-16/h3-9,18,21H,2,10H2,1H3,(H,19,20)(H2,17,22,23). The minimum atomic E-state index is -3.86. The zero-order chi connectivity index (χ0) is 17.2. The van der Waals surface area contributed by atoms with Crippen molar-refractivity contribution in [2.75, 3.05) is 6.54 Å². The second-order valence-electron chi connectivity index (χ2n) is 5.40. The summed E-state index contributed by atoms with van der Waals surface area (Å²) in [7, 11) is -3.86. The minimum absolute atomic E-state index is 0.0458. The van der Waals surface area contributed by atoms with Crippen LogP contribution in [0.4, 0.5) is 0 Å². The van der Waals surface area contributed by atoms with Crippen LogP contribution in [0.3, 0.4) is 0 Å². The number of rotatable bonds is 6. The Labute approximate surface area is 140 Å². The normalized spacial score (nSPS) is 11.8. The van der Waals surface area contributed by atoms with Crippen LogP contribution in [0.5, 0.6) is 0 Å². The Bertz CT molecular complexity index is 917. The summed E-state index contributed by atoms with van der Waals surface area (Å²) >= 11 is 0. The minimum Gasteiger partial charge on any atom is -0.313 e. The van der Waals surface area contributed by atoms with Crippen molar-refractivity contribution in [3.63, 3.8) is 0 Å². The quantitative estimate of drug-likeness (QED) is 0.545. The van der Waals surface area contributed by atoms with Gasteiger partial charge in [-0.3, -0.25) is 5.10 Å². The fourth-order valence-corrected chi connectivity index (χ4v) is 3.31. The van der Waals surface area contributed by atoms with Gasteiger partial charge in [-0.2, -0.15) is 0 Å². The molecule has 24 heavy (non-hydrogen) atoms. The highest BCUT2D eigenvalue weighted by Crippen LogP contribution is 2.35. The Balaban J connectivity index is 2.09. The average Bonchev–Trinajstić information content (AvgIpc) is 2.51. The lowest BCUT2D eigenvalue weighted by Gasteiger charge is -2.15. The SMILES string of the molecule is CCNCc1ccc(-c2cccc(S(N)(=O)=O)c2-c2n[nH][nH]2)cc1. The van der Waals surface area contributed by atoms with E-state index in [4.69, 9.17) is 5.14 Å². The van der Waals surface area contributed by atoms with Gasteiger partial charge in [0, 0.05) is 12.1 Å². The van der Waals surface area contributed by atoms with E-state index in [1.807, 2.05) is 30.3 Å². The van der Waals surface area contributed by atoms with Gasteiger partial charge in [-0.1, -0.05) is 43.3 Å². The summed E-state index contributed by atoms with van der Waals surface area (Å²) in [6.07, 6.45) is 0. The molecule has 8 heteroatoms. The first-order valence-electron chi connectivity index (χ1n) is 7.55. The molecule has 0 fully saturated rings. The number of hydrogen-bond acceptors (Lipinski definition) is 4. The third-order valence-corrected chi connectivity index (χ3v) is 4.71. The molecule has 1 aromatic heterocycles. The number of nitrogens with two attached hydrogens (primary N) is 1. The summed E-state index contributed by atoms with van der Waals surface area (Å²) in [4.78, 5) is 0.0458. The molecule has 0 saturated carbocycles. The van der Waals surface area contributed by atoms with Crippen LogP contribution in [0, 0.1) is 0 Å². The van der Waals surface area contributed by atoms with Crippen molar-refractivity contribution in [3.8, 4) is 22.5 Å². The molecule has 0 bridgehead atoms. The van der Waals surface area contributed by atoms with Crippen molar-refractivity contribution < 1.29 is 8.42 Å². The topological polar surface area (TPSA) is 117 Å². The van der Waals surface area contributed by atoms with Gasteiger partial charge in [-0.25, -0.2) is 18.8 Å². The smallest absolute Gasteiger partial charge is 0.238 e. The van der Waals surface area contributed by atoms with E-state index in [2.05, 4.69) is 27.7 Å². The first kappa shape index (κ1) is 16.4. The number of sulfonamides is 1. The molecule has 3 rings (SSSR count). The summed E-state index contributed by atoms with van der Waals surface area (Å²) in [5, 5.41) is 17.9. The maximum Gasteiger partial charge on any atom is 0.238 e. The van der Waals surface area contributed by atoms with Gasteiger partial charge in [0.2, 0.25) is 10.0 Å². The summed E-state index contributed by atoms with van der Waals surface area (Å²) in [5.41, 5.74) is 3.28. The fourth-order valence-electron chi connectivity index (χ4n) is 2.55. The number of aromatic nitrogens is 3. The molecule has 0 radical (unpaired) electrons. The first-order chi connectivity index (χ1) is 11.5. The maximum atomic E-state index is 11.9. The molecule has 0 amide bonds. The van der Waals surface area contributed by atoms with E-state index in [-0.39, 0.29) is 4.90 Å². The summed E-state index contributed by atoms with van der Waals surface area (Å²) in [5.74, 6) is 0.450. The van der Waals surface area contributed by atoms with E-state index < -0.39 is 10.0 Å². The lowest BCUT2D eigenvalue weighted by atomic mass is 9.98. The van der Waals surface area contributed by atoms with Crippen LogP contribution in [0.15, 0.2) is 47.4 Å². The molecule has 0 aliphatic heterocycles. The van der Waals surface area contributed by atoms with Crippen LogP contribution < -0.4 is 10.5 Å². The van der Waals surface area contributed by atoms with Gasteiger partial charge in [0.15, 0.2) is 5.82 Å². The van der Waals surface area contributed by atoms with Crippen molar-refractivity contribution in [3.05, 3.63) is 48.0 Å². The van der Waals surface area contributed by atoms with E-state index in [0.29, 0.717) is 11.4 Å². The van der Waals surface area contributed by atoms with E-state index in [9.17, 15) is 8.42 Å². The van der Waals surface area contributed by atoms with Crippen LogP contribution >= 0.6 is 0 Å². The first-order valence-corrected chi connectivity index (χ1v) is 9.10. The lowest BCUT2D eigenvalue weighted by Crippen LogP contribution is -2.15. The predicted octanol–water partition coefficient (Wildman–Crippen LogP) is 1.83. The number of nitrogens with one attached hydrogen (secondary N) is 3. The summed E-state index contributed by atoms with van der Waals surface area (Å²) in [6, 6.07) is 13.0. The summed E-state index contributed by atoms with van der Waals surface area (Å²) in [6.45, 7) is 3.75. The lowest BCUT2D eigenvalue weighted by molar-refractivity contribution is 0.597. The van der Waals surface area contributed by atoms with Crippen LogP contribution in [0.2, 0.25) is 0 Å². The number of hydrogen-bond donors (Lipinski definition) is 4. The van der Waals surface area contributed by atoms with Crippen LogP contribution in [0.1, 0.15) is 12.5 Å². The van der Waals surface area contributed by atoms with Crippen molar-refractivity contribution >= 4 is 10.0 Å². The molecule has 0 aliphatic carbocycles. The molecule has 7 nitrogen and oxygen atoms in total. The van der Waals surface area contributed by atoms with E-state index in [1.54, 1.807) is 6.07 Å². The molecule has 3 aromatic rings. The molecule has 0 aliphatic rings. The third-order valence-electron chi connectivity index (χ3n) is 3.76. The Kier molecular flexibility index (Phi) is 4.52. The number of nitrogens with zero attached hydrogens (tertiary/aromatic N) is 1. The molecule has 2 aromatic carbocycles. The third kappa shape index (κ3) is 3.25. The molecule has 0 unspecified atom stereocenters. The molecule has 126 valence electrons. The monoisotopic (exact) mass is 345 g/mol. The zero-order valence-electron chi connectivity index (χ0n) is 13.2. The number of H-pyrrole nitrogens is 2. The Morgan fingerprint density at radius 2 is 1.88 bits per heavy atom. The molecule has 5 N–H and O–H groups in total. The summed E-state index contributed by atoms with van der Waals surface area (Å²) < 4.78 is 23.8.